The van der Waals surface area contributed by atoms with Crippen LogP contribution in [0, 0.1) is 6.92 Å². The van der Waals surface area contributed by atoms with Crippen LogP contribution in [0.1, 0.15) is 34.7 Å². The summed E-state index contributed by atoms with van der Waals surface area (Å²) in [5.74, 6) is 0.664. The van der Waals surface area contributed by atoms with Crippen molar-refractivity contribution < 1.29 is 4.74 Å². The second kappa shape index (κ2) is 11.9. The van der Waals surface area contributed by atoms with Crippen molar-refractivity contribution in [3.8, 4) is 5.75 Å². The highest BCUT2D eigenvalue weighted by molar-refractivity contribution is 7.80. The molecule has 0 aromatic heterocycles. The van der Waals surface area contributed by atoms with Crippen LogP contribution in [0.25, 0.3) is 0 Å². The summed E-state index contributed by atoms with van der Waals surface area (Å²) in [5, 5.41) is 16.9. The minimum Gasteiger partial charge on any atom is -0.488 e. The molecule has 4 aromatic carbocycles. The van der Waals surface area contributed by atoms with Crippen LogP contribution >= 0.6 is 35.4 Å². The summed E-state index contributed by atoms with van der Waals surface area (Å²) in [5.41, 5.74) is 12.3. The number of nitrogens with zero attached hydrogens (tertiary/aromatic N) is 4. The van der Waals surface area contributed by atoms with Crippen molar-refractivity contribution in [2.24, 2.45) is 21.1 Å². The normalized spacial score (nSPS) is 15.0. The number of hydrogen-bond donors (Lipinski definition) is 1. The lowest BCUT2D eigenvalue weighted by atomic mass is 9.98. The van der Waals surface area contributed by atoms with E-state index in [1.807, 2.05) is 97.9 Å². The number of nitrogens with two attached hydrogens (primary N) is 1. The number of hydrazone groups is 1. The topological polar surface area (TPSA) is 75.6 Å². The van der Waals surface area contributed by atoms with Gasteiger partial charge < -0.3 is 10.5 Å². The van der Waals surface area contributed by atoms with Crippen LogP contribution in [0.2, 0.25) is 10.0 Å². The van der Waals surface area contributed by atoms with Crippen molar-refractivity contribution in [3.05, 3.63) is 123 Å². The van der Waals surface area contributed by atoms with Crippen LogP contribution in [0.5, 0.6) is 5.75 Å². The summed E-state index contributed by atoms with van der Waals surface area (Å²) in [7, 11) is 0. The number of benzene rings is 4. The Morgan fingerprint density at radius 1 is 0.923 bits per heavy atom. The maximum atomic E-state index is 6.26. The van der Waals surface area contributed by atoms with Gasteiger partial charge in [-0.05, 0) is 84.9 Å². The zero-order chi connectivity index (χ0) is 27.4. The third-order valence-electron chi connectivity index (χ3n) is 6.29. The van der Waals surface area contributed by atoms with Gasteiger partial charge in [0.05, 0.1) is 23.1 Å². The monoisotopic (exact) mass is 573 g/mol. The van der Waals surface area contributed by atoms with Crippen LogP contribution in [0.3, 0.4) is 0 Å². The van der Waals surface area contributed by atoms with Crippen LogP contribution in [0.4, 0.5) is 11.4 Å². The largest absolute Gasteiger partial charge is 0.488 e. The van der Waals surface area contributed by atoms with Gasteiger partial charge in [-0.2, -0.15) is 15.3 Å². The Kier molecular flexibility index (Phi) is 8.21. The fourth-order valence-corrected chi connectivity index (χ4v) is 4.64. The van der Waals surface area contributed by atoms with E-state index in [0.717, 1.165) is 33.7 Å². The highest BCUT2D eigenvalue weighted by Crippen LogP contribution is 2.37. The molecule has 39 heavy (non-hydrogen) atoms. The lowest BCUT2D eigenvalue weighted by Crippen LogP contribution is -2.31. The van der Waals surface area contributed by atoms with Crippen LogP contribution in [-0.2, 0) is 6.61 Å². The standard InChI is InChI=1S/C30H25Cl2N5OS/c1-19-2-12-24(13-3-19)34-35-25-14-15-29(38-18-20-4-8-22(31)9-5-20)26(16-25)27-17-28(37(36-27)30(33)39)21-6-10-23(32)11-7-21/h2-16,28H,17-18H2,1H3,(H2,33,39). The van der Waals surface area contributed by atoms with Gasteiger partial charge in [0.15, 0.2) is 5.11 Å². The van der Waals surface area contributed by atoms with E-state index in [2.05, 4.69) is 10.2 Å². The summed E-state index contributed by atoms with van der Waals surface area (Å²) in [6.45, 7) is 2.40. The number of hydrogen-bond acceptors (Lipinski definition) is 5. The van der Waals surface area contributed by atoms with E-state index in [4.69, 9.17) is 51.0 Å². The first-order chi connectivity index (χ1) is 18.9. The quantitative estimate of drug-likeness (QED) is 0.177. The molecule has 6 nitrogen and oxygen atoms in total. The Morgan fingerprint density at radius 2 is 1.54 bits per heavy atom. The third-order valence-corrected chi connectivity index (χ3v) is 6.98. The molecular weight excluding hydrogens is 549 g/mol. The van der Waals surface area contributed by atoms with E-state index in [0.29, 0.717) is 34.5 Å². The second-order valence-electron chi connectivity index (χ2n) is 9.13. The molecule has 4 aromatic rings. The van der Waals surface area contributed by atoms with Gasteiger partial charge in [-0.25, -0.2) is 5.01 Å². The predicted molar refractivity (Wildman–Crippen MR) is 162 cm³/mol. The minimum absolute atomic E-state index is 0.170. The molecule has 0 spiro atoms. The Labute approximate surface area is 242 Å². The Bertz CT molecular complexity index is 1540. The molecule has 0 fully saturated rings. The molecule has 9 heteroatoms. The molecule has 0 amide bonds. The van der Waals surface area contributed by atoms with E-state index in [1.165, 1.54) is 0 Å². The maximum absolute atomic E-state index is 6.26. The minimum atomic E-state index is -0.170. The molecule has 0 bridgehead atoms. The van der Waals surface area contributed by atoms with Gasteiger partial charge >= 0.3 is 0 Å². The summed E-state index contributed by atoms with van der Waals surface area (Å²) >= 11 is 17.5. The number of ether oxygens (including phenoxy) is 1. The molecular formula is C30H25Cl2N5OS. The molecule has 0 aliphatic carbocycles. The van der Waals surface area contributed by atoms with E-state index in [-0.39, 0.29) is 11.2 Å². The molecule has 1 atom stereocenters. The number of azo groups is 1. The molecule has 1 aliphatic rings. The Morgan fingerprint density at radius 3 is 2.21 bits per heavy atom. The van der Waals surface area contributed by atoms with E-state index < -0.39 is 0 Å². The molecule has 1 aliphatic heterocycles. The molecule has 1 unspecified atom stereocenters. The zero-order valence-electron chi connectivity index (χ0n) is 21.1. The number of halogens is 2. The van der Waals surface area contributed by atoms with Crippen molar-refractivity contribution in [3.63, 3.8) is 0 Å². The predicted octanol–water partition coefficient (Wildman–Crippen LogP) is 8.69. The van der Waals surface area contributed by atoms with E-state index in [1.54, 1.807) is 5.01 Å². The van der Waals surface area contributed by atoms with Crippen LogP contribution in [0.15, 0.2) is 106 Å². The Hall–Kier alpha value is -3.78. The molecule has 0 saturated carbocycles. The van der Waals surface area contributed by atoms with Gasteiger partial charge in [0.2, 0.25) is 0 Å². The number of aryl methyl sites for hydroxylation is 1. The van der Waals surface area contributed by atoms with Crippen molar-refractivity contribution >= 4 is 57.6 Å². The summed E-state index contributed by atoms with van der Waals surface area (Å²) in [6.07, 6.45) is 0.564. The van der Waals surface area contributed by atoms with Crippen molar-refractivity contribution in [1.82, 2.24) is 5.01 Å². The van der Waals surface area contributed by atoms with Gasteiger partial charge in [-0.15, -0.1) is 0 Å². The van der Waals surface area contributed by atoms with Crippen molar-refractivity contribution in [2.45, 2.75) is 26.0 Å². The molecule has 196 valence electrons. The molecule has 0 radical (unpaired) electrons. The van der Waals surface area contributed by atoms with Gasteiger partial charge in [0.1, 0.15) is 12.4 Å². The van der Waals surface area contributed by atoms with Gasteiger partial charge in [0.25, 0.3) is 0 Å². The average molecular weight is 575 g/mol. The van der Waals surface area contributed by atoms with Crippen LogP contribution < -0.4 is 10.5 Å². The van der Waals surface area contributed by atoms with Gasteiger partial charge in [0, 0.05) is 22.0 Å². The van der Waals surface area contributed by atoms with Crippen molar-refractivity contribution in [1.29, 1.82) is 0 Å². The first-order valence-electron chi connectivity index (χ1n) is 12.3. The molecule has 2 N–H and O–H groups in total. The van der Waals surface area contributed by atoms with E-state index >= 15 is 0 Å². The highest BCUT2D eigenvalue weighted by atomic mass is 35.5. The first-order valence-corrected chi connectivity index (χ1v) is 13.4. The summed E-state index contributed by atoms with van der Waals surface area (Å²) in [6, 6.07) is 28.5. The maximum Gasteiger partial charge on any atom is 0.187 e. The Balaban J connectivity index is 1.48. The number of thiocarbonyl (C=S) groups is 1. The van der Waals surface area contributed by atoms with Crippen LogP contribution in [-0.4, -0.2) is 15.8 Å². The third kappa shape index (κ3) is 6.63. The molecule has 0 saturated heterocycles. The average Bonchev–Trinajstić information content (AvgIpc) is 3.39. The SMILES string of the molecule is Cc1ccc(N=Nc2ccc(OCc3ccc(Cl)cc3)c(C3=NN(C(N)=S)C(c4ccc(Cl)cc4)C3)c2)cc1. The fraction of sp³-hybridized carbons (Fsp3) is 0.133. The lowest BCUT2D eigenvalue weighted by Gasteiger charge is -2.21. The first kappa shape index (κ1) is 26.8. The fourth-order valence-electron chi connectivity index (χ4n) is 4.22. The second-order valence-corrected chi connectivity index (χ2v) is 10.4. The number of rotatable bonds is 7. The van der Waals surface area contributed by atoms with Gasteiger partial charge in [-0.1, -0.05) is 65.2 Å². The highest BCUT2D eigenvalue weighted by Gasteiger charge is 2.32. The summed E-state index contributed by atoms with van der Waals surface area (Å²) < 4.78 is 6.26. The zero-order valence-corrected chi connectivity index (χ0v) is 23.4. The van der Waals surface area contributed by atoms with Gasteiger partial charge in [-0.3, -0.25) is 0 Å². The lowest BCUT2D eigenvalue weighted by molar-refractivity contribution is 0.305. The smallest absolute Gasteiger partial charge is 0.187 e. The van der Waals surface area contributed by atoms with E-state index in [9.17, 15) is 0 Å². The molecule has 5 rings (SSSR count). The van der Waals surface area contributed by atoms with Crippen molar-refractivity contribution in [2.75, 3.05) is 0 Å². The molecule has 1 heterocycles. The summed E-state index contributed by atoms with van der Waals surface area (Å²) in [4.78, 5) is 0.